The number of nitrogens with one attached hydrogen (secondary N) is 1. The van der Waals surface area contributed by atoms with Crippen molar-refractivity contribution in [3.05, 3.63) is 58.7 Å². The molecular weight excluding hydrogens is 905 g/mol. The number of halogens is 2. The number of hydrogen-bond acceptors (Lipinski definition) is 16. The van der Waals surface area contributed by atoms with E-state index in [0.717, 1.165) is 12.8 Å². The molecule has 2 aliphatic carbocycles. The minimum absolute atomic E-state index is 0. The number of alkyl carbamates (subject to hydrolysis) is 1. The van der Waals surface area contributed by atoms with E-state index in [1.807, 2.05) is 0 Å². The predicted octanol–water partition coefficient (Wildman–Crippen LogP) is 6.67. The van der Waals surface area contributed by atoms with Gasteiger partial charge < -0.3 is 63.9 Å². The molecule has 7 rings (SSSR count). The second kappa shape index (κ2) is 25.5. The van der Waals surface area contributed by atoms with Gasteiger partial charge in [-0.3, -0.25) is 10.1 Å². The van der Waals surface area contributed by atoms with Gasteiger partial charge in [-0.15, -0.1) is 23.2 Å². The number of aliphatic hydroxyl groups is 2. The number of allylic oxidation sites excluding steroid dienone is 2. The van der Waals surface area contributed by atoms with E-state index in [2.05, 4.69) is 71.2 Å². The lowest BCUT2D eigenvalue weighted by Crippen LogP contribution is -2.56. The van der Waals surface area contributed by atoms with E-state index < -0.39 is 35.0 Å². The Morgan fingerprint density at radius 2 is 1.29 bits per heavy atom. The van der Waals surface area contributed by atoms with Crippen LogP contribution in [0.3, 0.4) is 0 Å². The van der Waals surface area contributed by atoms with Crippen LogP contribution in [0.25, 0.3) is 0 Å². The number of amides is 1. The van der Waals surface area contributed by atoms with Gasteiger partial charge in [0.1, 0.15) is 64.8 Å². The number of nitro benzene ring substituents is 1. The quantitative estimate of drug-likeness (QED) is 0.0272. The fourth-order valence-corrected chi connectivity index (χ4v) is 9.10. The van der Waals surface area contributed by atoms with Crippen molar-refractivity contribution in [2.75, 3.05) is 59.1 Å². The minimum Gasteiger partial charge on any atom is -0.443 e. The summed E-state index contributed by atoms with van der Waals surface area (Å²) >= 11 is 9.53. The smallest absolute Gasteiger partial charge is 0.443 e. The lowest BCUT2D eigenvalue weighted by molar-refractivity contribution is -0.384. The highest BCUT2D eigenvalue weighted by Crippen LogP contribution is 2.60. The Morgan fingerprint density at radius 1 is 0.864 bits per heavy atom. The van der Waals surface area contributed by atoms with Crippen LogP contribution >= 0.6 is 23.2 Å². The van der Waals surface area contributed by atoms with E-state index in [-0.39, 0.29) is 97.0 Å². The Morgan fingerprint density at radius 3 is 1.64 bits per heavy atom. The van der Waals surface area contributed by atoms with Gasteiger partial charge in [0.05, 0.1) is 48.5 Å². The number of methoxy groups -OCH3 is 2. The average Bonchev–Trinajstić information content (AvgIpc) is 4.15. The average molecular weight is 979 g/mol. The molecule has 376 valence electrons. The Kier molecular flexibility index (Phi) is 22.1. The molecule has 1 amide bonds. The lowest BCUT2D eigenvalue weighted by atomic mass is 9.68. The number of carbonyl (C=O) groups is 2. The summed E-state index contributed by atoms with van der Waals surface area (Å²) in [5, 5.41) is 30.1. The van der Waals surface area contributed by atoms with Crippen LogP contribution in [0.2, 0.25) is 0 Å². The highest BCUT2D eigenvalue weighted by atomic mass is 35.5. The number of rotatable bonds is 15. The molecule has 4 saturated heterocycles. The third-order valence-electron chi connectivity index (χ3n) is 12.4. The summed E-state index contributed by atoms with van der Waals surface area (Å²) in [7, 11) is 3.24. The molecule has 4 heterocycles. The molecule has 2 saturated carbocycles. The number of nitrogens with two attached hydrogens (primary N) is 1. The number of carbonyl (C=O) groups excluding carboxylic acids is 2. The maximum atomic E-state index is 12.4. The van der Waals surface area contributed by atoms with Crippen molar-refractivity contribution in [1.82, 2.24) is 5.32 Å². The summed E-state index contributed by atoms with van der Waals surface area (Å²) in [4.78, 5) is 34.6. The highest BCUT2D eigenvalue weighted by molar-refractivity contribution is 6.40. The second-order valence-electron chi connectivity index (χ2n) is 17.8. The highest BCUT2D eigenvalue weighted by Gasteiger charge is 2.73. The molecule has 5 N–H and O–H groups in total. The van der Waals surface area contributed by atoms with Crippen molar-refractivity contribution in [2.45, 2.75) is 134 Å². The number of benzene rings is 1. The first kappa shape index (κ1) is 57.2. The molecular formula is C46H73Cl2N3O15. The van der Waals surface area contributed by atoms with E-state index in [0.29, 0.717) is 44.4 Å². The molecule has 0 bridgehead atoms. The van der Waals surface area contributed by atoms with Crippen LogP contribution in [0.15, 0.2) is 48.6 Å². The molecule has 2 unspecified atom stereocenters. The first-order valence-electron chi connectivity index (χ1n) is 22.0. The van der Waals surface area contributed by atoms with Crippen molar-refractivity contribution < 1.29 is 67.4 Å². The Balaban J connectivity index is 0.000000308. The van der Waals surface area contributed by atoms with Gasteiger partial charge >= 0.3 is 12.2 Å². The number of hydrogen-bond donors (Lipinski definition) is 4. The Bertz CT molecular complexity index is 1750. The molecule has 66 heavy (non-hydrogen) atoms. The zero-order valence-electron chi connectivity index (χ0n) is 38.7. The zero-order valence-corrected chi connectivity index (χ0v) is 40.2. The fraction of sp³-hybridized carbons (Fsp3) is 0.739. The van der Waals surface area contributed by atoms with Gasteiger partial charge in [-0.25, -0.2) is 9.59 Å². The van der Waals surface area contributed by atoms with Crippen molar-refractivity contribution >= 4 is 41.1 Å². The van der Waals surface area contributed by atoms with Gasteiger partial charge in [0, 0.05) is 39.4 Å². The molecule has 1 aromatic rings. The standard InChI is InChI=1S/C23H29NO8.C19H31NO6.C2H7NO.CH2Cl2.CH4/c1-14(2)5-10-18-22(3,32-18)20-19(28-4)17(11-12-23(20)13-29-23)31-21(25)30-16-8-6-15(7-9-16)24(26)27;1-12(2)5-6-14-18(3,26-14)16-15(23-4)13(7-8-19(16)11-24-19)25-17(22)20-9-10-21;3-1-2-4;2-1-3;/h5-10,14,17-20H,11-13H2,1-4H3;5-6,12-16,21H,7-11H2,1-4H3,(H,20,22);4H,1-3H2;1H2;1H4/b10-5+;6-5+;;;/t17-,18-,19-,20?,22-,23+;13-,14-,15-,16?,18+,19+;;;/m11.../s1. The number of nitro groups is 1. The molecule has 18 nitrogen and oxygen atoms in total. The maximum Gasteiger partial charge on any atom is 0.514 e. The third kappa shape index (κ3) is 14.7. The van der Waals surface area contributed by atoms with E-state index >= 15 is 0 Å². The number of aliphatic hydroxyl groups excluding tert-OH is 2. The number of epoxide rings is 4. The van der Waals surface area contributed by atoms with Crippen LogP contribution < -0.4 is 15.8 Å². The lowest BCUT2D eigenvalue weighted by Gasteiger charge is -2.42. The normalized spacial score (nSPS) is 34.5. The third-order valence-corrected chi connectivity index (χ3v) is 12.4. The Hall–Kier alpha value is -3.14. The summed E-state index contributed by atoms with van der Waals surface area (Å²) in [6, 6.07) is 5.24. The van der Waals surface area contributed by atoms with Gasteiger partial charge in [-0.1, -0.05) is 59.4 Å². The van der Waals surface area contributed by atoms with Crippen LogP contribution in [-0.2, 0) is 37.9 Å². The van der Waals surface area contributed by atoms with E-state index in [4.69, 9.17) is 81.8 Å². The predicted molar refractivity (Wildman–Crippen MR) is 248 cm³/mol. The van der Waals surface area contributed by atoms with Crippen LogP contribution in [0, 0.1) is 33.8 Å². The largest absolute Gasteiger partial charge is 0.514 e. The van der Waals surface area contributed by atoms with Gasteiger partial charge in [0.25, 0.3) is 5.69 Å². The fourth-order valence-electron chi connectivity index (χ4n) is 9.10. The van der Waals surface area contributed by atoms with E-state index in [9.17, 15) is 19.7 Å². The number of ether oxygens (including phenoxy) is 9. The molecule has 4 aliphatic heterocycles. The minimum atomic E-state index is -0.879. The van der Waals surface area contributed by atoms with Gasteiger partial charge in [-0.05, 0) is 63.5 Å². The molecule has 20 heteroatoms. The van der Waals surface area contributed by atoms with Crippen LogP contribution in [-0.4, -0.2) is 145 Å². The van der Waals surface area contributed by atoms with Crippen molar-refractivity contribution in [3.8, 4) is 5.75 Å². The molecule has 6 fully saturated rings. The van der Waals surface area contributed by atoms with Gasteiger partial charge in [0.2, 0.25) is 0 Å². The summed E-state index contributed by atoms with van der Waals surface area (Å²) < 4.78 is 52.0. The number of alkyl halides is 2. The molecule has 0 radical (unpaired) electrons. The zero-order chi connectivity index (χ0) is 48.2. The van der Waals surface area contributed by atoms with Crippen molar-refractivity contribution in [3.63, 3.8) is 0 Å². The number of nitrogens with zero attached hydrogens (tertiary/aromatic N) is 1. The van der Waals surface area contributed by atoms with E-state index in [1.54, 1.807) is 14.2 Å². The summed E-state index contributed by atoms with van der Waals surface area (Å²) in [5.74, 6) is 0.939. The van der Waals surface area contributed by atoms with Crippen LogP contribution in [0.5, 0.6) is 5.75 Å². The van der Waals surface area contributed by atoms with Gasteiger partial charge in [0.15, 0.2) is 0 Å². The molecule has 12 atom stereocenters. The summed E-state index contributed by atoms with van der Waals surface area (Å²) in [6.07, 6.45) is 8.24. The second-order valence-corrected chi connectivity index (χ2v) is 18.6. The molecule has 2 spiro atoms. The SMILES string of the molecule is C.CO[C@H]1C([C@@]2(C)O[C@@H]2/C=C/C(C)C)[C@]2(CC[C@H]1OC(=O)NCCO)CO2.CO[C@H]1C([C@]2(C)O[C@@H]2/C=C/C(C)C)[C@]2(CC[C@H]1OC(=O)Oc1ccc([N+](=O)[O-])cc1)CO2.ClCCl.NCCO. The number of non-ortho nitro benzene ring substituents is 1. The molecule has 6 aliphatic rings. The molecule has 1 aromatic carbocycles. The maximum absolute atomic E-state index is 12.4. The van der Waals surface area contributed by atoms with Crippen LogP contribution in [0.1, 0.15) is 74.7 Å². The Labute approximate surface area is 399 Å². The first-order valence-corrected chi connectivity index (χ1v) is 23.1. The topological polar surface area (TPSA) is 252 Å². The first-order chi connectivity index (χ1) is 30.9. The van der Waals surface area contributed by atoms with Crippen molar-refractivity contribution in [1.29, 1.82) is 0 Å². The summed E-state index contributed by atoms with van der Waals surface area (Å²) in [5.41, 5.74) is 3.28. The van der Waals surface area contributed by atoms with Crippen LogP contribution in [0.4, 0.5) is 15.3 Å². The summed E-state index contributed by atoms with van der Waals surface area (Å²) in [6.45, 7) is 14.5. The van der Waals surface area contributed by atoms with Gasteiger partial charge in [-0.2, -0.15) is 0 Å². The van der Waals surface area contributed by atoms with E-state index in [1.165, 1.54) is 24.3 Å². The van der Waals surface area contributed by atoms with Crippen molar-refractivity contribution in [2.24, 2.45) is 29.4 Å². The molecule has 0 aromatic heterocycles. The monoisotopic (exact) mass is 977 g/mol.